The van der Waals surface area contributed by atoms with E-state index in [0.29, 0.717) is 6.61 Å². The van der Waals surface area contributed by atoms with Gasteiger partial charge in [0.05, 0.1) is 16.8 Å². The highest BCUT2D eigenvalue weighted by atomic mass is 16.5. The second-order valence-corrected chi connectivity index (χ2v) is 8.37. The minimum Gasteiger partial charge on any atom is -0.487 e. The van der Waals surface area contributed by atoms with Gasteiger partial charge in [0.1, 0.15) is 12.4 Å². The third-order valence-electron chi connectivity index (χ3n) is 5.91. The highest BCUT2D eigenvalue weighted by Crippen LogP contribution is 2.43. The van der Waals surface area contributed by atoms with Gasteiger partial charge in [-0.15, -0.1) is 0 Å². The monoisotopic (exact) mass is 377 g/mol. The standard InChI is InChI=1S/C25H31NO2/c1-5-6-16-24(2,3)25(4,27)20-11-9-12-22(17-20)28-18-21-15-14-19-10-7-8-13-23(19)26-21/h7-15,17,27H,5-6,16,18H2,1-4H3. The normalized spacial score (nSPS) is 14.0. The highest BCUT2D eigenvalue weighted by molar-refractivity contribution is 5.78. The Morgan fingerprint density at radius 3 is 2.54 bits per heavy atom. The maximum atomic E-state index is 11.3. The molecule has 3 aromatic rings. The van der Waals surface area contributed by atoms with E-state index in [-0.39, 0.29) is 5.41 Å². The number of aromatic nitrogens is 1. The summed E-state index contributed by atoms with van der Waals surface area (Å²) < 4.78 is 6.00. The molecule has 3 nitrogen and oxygen atoms in total. The van der Waals surface area contributed by atoms with Crippen LogP contribution in [0.25, 0.3) is 10.9 Å². The molecule has 0 spiro atoms. The van der Waals surface area contributed by atoms with Crippen molar-refractivity contribution in [3.63, 3.8) is 0 Å². The van der Waals surface area contributed by atoms with Crippen molar-refractivity contribution in [2.24, 2.45) is 5.41 Å². The molecule has 1 N–H and O–H groups in total. The SMILES string of the molecule is CCCCC(C)(C)C(C)(O)c1cccc(OCc2ccc3ccccc3n2)c1. The number of aliphatic hydroxyl groups is 1. The van der Waals surface area contributed by atoms with Crippen molar-refractivity contribution in [1.82, 2.24) is 4.98 Å². The third-order valence-corrected chi connectivity index (χ3v) is 5.91. The third kappa shape index (κ3) is 4.36. The Balaban J connectivity index is 1.75. The van der Waals surface area contributed by atoms with Gasteiger partial charge in [-0.25, -0.2) is 4.98 Å². The lowest BCUT2D eigenvalue weighted by atomic mass is 9.69. The molecular weight excluding hydrogens is 346 g/mol. The Hall–Kier alpha value is -2.39. The van der Waals surface area contributed by atoms with Crippen LogP contribution in [0.1, 0.15) is 58.2 Å². The number of pyridine rings is 1. The van der Waals surface area contributed by atoms with E-state index in [2.05, 4.69) is 37.9 Å². The van der Waals surface area contributed by atoms with E-state index in [0.717, 1.165) is 47.2 Å². The van der Waals surface area contributed by atoms with Gasteiger partial charge >= 0.3 is 0 Å². The van der Waals surface area contributed by atoms with E-state index < -0.39 is 5.60 Å². The van der Waals surface area contributed by atoms with Crippen LogP contribution in [0.2, 0.25) is 0 Å². The Morgan fingerprint density at radius 2 is 1.75 bits per heavy atom. The molecule has 0 aliphatic carbocycles. The Labute approximate surface area is 168 Å². The van der Waals surface area contributed by atoms with Crippen LogP contribution < -0.4 is 4.74 Å². The molecule has 0 aliphatic heterocycles. The van der Waals surface area contributed by atoms with Crippen LogP contribution in [0.5, 0.6) is 5.75 Å². The second-order valence-electron chi connectivity index (χ2n) is 8.37. The molecule has 28 heavy (non-hydrogen) atoms. The summed E-state index contributed by atoms with van der Waals surface area (Å²) in [5.74, 6) is 0.749. The van der Waals surface area contributed by atoms with Crippen molar-refractivity contribution in [3.05, 3.63) is 71.9 Å². The first-order chi connectivity index (χ1) is 13.3. The van der Waals surface area contributed by atoms with Crippen LogP contribution in [0, 0.1) is 5.41 Å². The first-order valence-corrected chi connectivity index (χ1v) is 10.1. The number of fused-ring (bicyclic) bond motifs is 1. The summed E-state index contributed by atoms with van der Waals surface area (Å²) in [4.78, 5) is 4.66. The molecule has 0 radical (unpaired) electrons. The number of unbranched alkanes of at least 4 members (excludes halogenated alkanes) is 1. The molecule has 1 unspecified atom stereocenters. The van der Waals surface area contributed by atoms with Crippen LogP contribution in [0.15, 0.2) is 60.7 Å². The first kappa shape index (κ1) is 20.3. The Kier molecular flexibility index (Phi) is 6.04. The number of ether oxygens (including phenoxy) is 1. The molecule has 0 aliphatic rings. The zero-order valence-electron chi connectivity index (χ0n) is 17.4. The van der Waals surface area contributed by atoms with Crippen LogP contribution in [-0.2, 0) is 12.2 Å². The molecule has 0 bridgehead atoms. The van der Waals surface area contributed by atoms with Gasteiger partial charge < -0.3 is 9.84 Å². The highest BCUT2D eigenvalue weighted by Gasteiger charge is 2.40. The average molecular weight is 378 g/mol. The smallest absolute Gasteiger partial charge is 0.130 e. The summed E-state index contributed by atoms with van der Waals surface area (Å²) in [6, 6.07) is 19.9. The Bertz CT molecular complexity index is 930. The lowest BCUT2D eigenvalue weighted by Crippen LogP contribution is -2.39. The zero-order valence-corrected chi connectivity index (χ0v) is 17.4. The minimum absolute atomic E-state index is 0.221. The fourth-order valence-corrected chi connectivity index (χ4v) is 3.49. The lowest BCUT2D eigenvalue weighted by molar-refractivity contribution is -0.0628. The van der Waals surface area contributed by atoms with Crippen molar-refractivity contribution >= 4 is 10.9 Å². The van der Waals surface area contributed by atoms with Crippen molar-refractivity contribution in [2.45, 2.75) is 59.2 Å². The van der Waals surface area contributed by atoms with Gasteiger partial charge in [-0.1, -0.05) is 70.0 Å². The predicted molar refractivity (Wildman–Crippen MR) is 115 cm³/mol. The van der Waals surface area contributed by atoms with Gasteiger partial charge in [0, 0.05) is 5.39 Å². The molecule has 3 heteroatoms. The first-order valence-electron chi connectivity index (χ1n) is 10.1. The van der Waals surface area contributed by atoms with E-state index in [1.54, 1.807) is 0 Å². The summed E-state index contributed by atoms with van der Waals surface area (Å²) in [6.07, 6.45) is 3.21. The second kappa shape index (κ2) is 8.32. The Morgan fingerprint density at radius 1 is 0.964 bits per heavy atom. The topological polar surface area (TPSA) is 42.4 Å². The number of benzene rings is 2. The molecule has 0 fully saturated rings. The number of hydrogen-bond donors (Lipinski definition) is 1. The summed E-state index contributed by atoms with van der Waals surface area (Å²) >= 11 is 0. The fraction of sp³-hybridized carbons (Fsp3) is 0.400. The molecule has 0 saturated carbocycles. The van der Waals surface area contributed by atoms with Crippen LogP contribution in [-0.4, -0.2) is 10.1 Å². The van der Waals surface area contributed by atoms with Crippen molar-refractivity contribution in [2.75, 3.05) is 0 Å². The van der Waals surface area contributed by atoms with Crippen molar-refractivity contribution < 1.29 is 9.84 Å². The lowest BCUT2D eigenvalue weighted by Gasteiger charge is -2.41. The van der Waals surface area contributed by atoms with Crippen LogP contribution >= 0.6 is 0 Å². The van der Waals surface area contributed by atoms with Gasteiger partial charge in [0.25, 0.3) is 0 Å². The van der Waals surface area contributed by atoms with Crippen molar-refractivity contribution in [1.29, 1.82) is 0 Å². The van der Waals surface area contributed by atoms with Crippen LogP contribution in [0.3, 0.4) is 0 Å². The quantitative estimate of drug-likeness (QED) is 0.505. The fourth-order valence-electron chi connectivity index (χ4n) is 3.49. The van der Waals surface area contributed by atoms with E-state index in [1.165, 1.54) is 0 Å². The van der Waals surface area contributed by atoms with E-state index in [4.69, 9.17) is 4.74 Å². The van der Waals surface area contributed by atoms with E-state index >= 15 is 0 Å². The van der Waals surface area contributed by atoms with E-state index in [1.807, 2.05) is 55.5 Å². The largest absolute Gasteiger partial charge is 0.487 e. The maximum Gasteiger partial charge on any atom is 0.130 e. The number of para-hydroxylation sites is 1. The number of hydrogen-bond acceptors (Lipinski definition) is 3. The summed E-state index contributed by atoms with van der Waals surface area (Å²) in [6.45, 7) is 8.76. The van der Waals surface area contributed by atoms with Gasteiger partial charge in [-0.3, -0.25) is 0 Å². The number of rotatable bonds is 8. The minimum atomic E-state index is -0.928. The molecule has 1 aromatic heterocycles. The molecule has 148 valence electrons. The van der Waals surface area contributed by atoms with Gasteiger partial charge in [0.15, 0.2) is 0 Å². The van der Waals surface area contributed by atoms with Gasteiger partial charge in [-0.05, 0) is 48.6 Å². The molecule has 0 saturated heterocycles. The maximum absolute atomic E-state index is 11.3. The molecule has 0 amide bonds. The zero-order chi connectivity index (χ0) is 20.2. The summed E-state index contributed by atoms with van der Waals surface area (Å²) in [5, 5.41) is 12.4. The average Bonchev–Trinajstić information content (AvgIpc) is 2.70. The van der Waals surface area contributed by atoms with Gasteiger partial charge in [0.2, 0.25) is 0 Å². The summed E-state index contributed by atoms with van der Waals surface area (Å²) in [5.41, 5.74) is 1.60. The van der Waals surface area contributed by atoms with E-state index in [9.17, 15) is 5.11 Å². The number of nitrogens with zero attached hydrogens (tertiary/aromatic N) is 1. The van der Waals surface area contributed by atoms with Gasteiger partial charge in [-0.2, -0.15) is 0 Å². The molecule has 3 rings (SSSR count). The predicted octanol–water partition coefficient (Wildman–Crippen LogP) is 6.24. The molecule has 2 aromatic carbocycles. The molecular formula is C25H31NO2. The molecule has 1 atom stereocenters. The summed E-state index contributed by atoms with van der Waals surface area (Å²) in [7, 11) is 0. The molecule has 1 heterocycles. The van der Waals surface area contributed by atoms with Crippen molar-refractivity contribution in [3.8, 4) is 5.75 Å². The van der Waals surface area contributed by atoms with Crippen LogP contribution in [0.4, 0.5) is 0 Å².